The molecule has 0 spiro atoms. The van der Waals surface area contributed by atoms with E-state index in [1.165, 1.54) is 12.1 Å². The Morgan fingerprint density at radius 3 is 2.43 bits per heavy atom. The summed E-state index contributed by atoms with van der Waals surface area (Å²) in [6, 6.07) is 7.46. The number of carbonyl (C=O) groups excluding carboxylic acids is 2. The maximum Gasteiger partial charge on any atom is 0.251 e. The van der Waals surface area contributed by atoms with Crippen LogP contribution >= 0.6 is 0 Å². The summed E-state index contributed by atoms with van der Waals surface area (Å²) in [4.78, 5) is 24.5. The lowest BCUT2D eigenvalue weighted by atomic mass is 9.95. The Bertz CT molecular complexity index is 920. The zero-order chi connectivity index (χ0) is 20.4. The minimum atomic E-state index is -0.517. The normalized spacial score (nSPS) is 13.5. The van der Waals surface area contributed by atoms with E-state index in [-0.39, 0.29) is 29.2 Å². The molecule has 5 nitrogen and oxygen atoms in total. The van der Waals surface area contributed by atoms with Gasteiger partial charge < -0.3 is 15.7 Å². The second-order valence-corrected chi connectivity index (χ2v) is 7.71. The summed E-state index contributed by atoms with van der Waals surface area (Å²) in [5.41, 5.74) is 1.66. The van der Waals surface area contributed by atoms with Crippen molar-refractivity contribution >= 4 is 11.8 Å². The number of aromatic hydroxyl groups is 1. The van der Waals surface area contributed by atoms with Crippen molar-refractivity contribution < 1.29 is 19.1 Å². The summed E-state index contributed by atoms with van der Waals surface area (Å²) in [7, 11) is 0. The van der Waals surface area contributed by atoms with Crippen LogP contribution in [0.15, 0.2) is 30.3 Å². The summed E-state index contributed by atoms with van der Waals surface area (Å²) in [6.07, 6.45) is 1.88. The number of benzene rings is 2. The molecule has 28 heavy (non-hydrogen) atoms. The van der Waals surface area contributed by atoms with Crippen LogP contribution in [0.25, 0.3) is 11.1 Å². The highest BCUT2D eigenvalue weighted by Gasteiger charge is 2.25. The molecular formula is C22H25FN2O3. The smallest absolute Gasteiger partial charge is 0.251 e. The molecule has 0 heterocycles. The lowest BCUT2D eigenvalue weighted by Crippen LogP contribution is -2.27. The first-order valence-corrected chi connectivity index (χ1v) is 9.49. The molecule has 0 radical (unpaired) electrons. The van der Waals surface area contributed by atoms with Gasteiger partial charge in [0.15, 0.2) is 0 Å². The number of phenolic OH excluding ortho intramolecular Hbond substituents is 1. The number of carbonyl (C=O) groups is 2. The highest BCUT2D eigenvalue weighted by Crippen LogP contribution is 2.34. The Morgan fingerprint density at radius 1 is 1.11 bits per heavy atom. The van der Waals surface area contributed by atoms with E-state index in [1.807, 2.05) is 13.8 Å². The summed E-state index contributed by atoms with van der Waals surface area (Å²) >= 11 is 0. The summed E-state index contributed by atoms with van der Waals surface area (Å²) in [5.74, 6) is -0.953. The van der Waals surface area contributed by atoms with Gasteiger partial charge in [-0.1, -0.05) is 13.8 Å². The van der Waals surface area contributed by atoms with Crippen molar-refractivity contribution in [2.24, 2.45) is 5.92 Å². The second-order valence-electron chi connectivity index (χ2n) is 7.71. The van der Waals surface area contributed by atoms with Crippen LogP contribution in [0.5, 0.6) is 5.75 Å². The van der Waals surface area contributed by atoms with Crippen LogP contribution in [0.2, 0.25) is 0 Å². The molecule has 3 rings (SSSR count). The molecule has 0 saturated heterocycles. The van der Waals surface area contributed by atoms with E-state index in [9.17, 15) is 19.1 Å². The molecule has 1 aliphatic carbocycles. The van der Waals surface area contributed by atoms with Crippen LogP contribution in [0.1, 0.15) is 53.0 Å². The molecule has 1 saturated carbocycles. The largest absolute Gasteiger partial charge is 0.507 e. The molecule has 1 fully saturated rings. The Balaban J connectivity index is 1.90. The van der Waals surface area contributed by atoms with E-state index < -0.39 is 5.82 Å². The zero-order valence-corrected chi connectivity index (χ0v) is 16.3. The van der Waals surface area contributed by atoms with Crippen LogP contribution in [0, 0.1) is 18.7 Å². The fourth-order valence-electron chi connectivity index (χ4n) is 2.89. The highest BCUT2D eigenvalue weighted by molar-refractivity contribution is 5.97. The van der Waals surface area contributed by atoms with Crippen LogP contribution in [-0.2, 0) is 0 Å². The number of hydrogen-bond acceptors (Lipinski definition) is 3. The first-order chi connectivity index (χ1) is 13.3. The van der Waals surface area contributed by atoms with Gasteiger partial charge in [0, 0.05) is 29.3 Å². The zero-order valence-electron chi connectivity index (χ0n) is 16.3. The van der Waals surface area contributed by atoms with Gasteiger partial charge in [-0.05, 0) is 67.1 Å². The molecule has 2 amide bonds. The molecular weight excluding hydrogens is 359 g/mol. The molecule has 1 aliphatic rings. The van der Waals surface area contributed by atoms with Gasteiger partial charge >= 0.3 is 0 Å². The third kappa shape index (κ3) is 4.50. The third-order valence-corrected chi connectivity index (χ3v) is 4.74. The van der Waals surface area contributed by atoms with Crippen molar-refractivity contribution in [2.45, 2.75) is 39.7 Å². The number of phenols is 1. The van der Waals surface area contributed by atoms with E-state index in [0.717, 1.165) is 12.8 Å². The molecule has 0 bridgehead atoms. The molecule has 2 aromatic rings. The predicted octanol–water partition coefficient (Wildman–Crippen LogP) is 3.78. The van der Waals surface area contributed by atoms with Gasteiger partial charge in [0.05, 0.1) is 0 Å². The molecule has 3 N–H and O–H groups in total. The van der Waals surface area contributed by atoms with E-state index in [2.05, 4.69) is 10.6 Å². The summed E-state index contributed by atoms with van der Waals surface area (Å²) in [5, 5.41) is 16.1. The maximum absolute atomic E-state index is 14.4. The van der Waals surface area contributed by atoms with E-state index in [4.69, 9.17) is 0 Å². The molecule has 0 unspecified atom stereocenters. The van der Waals surface area contributed by atoms with Crippen molar-refractivity contribution in [3.8, 4) is 16.9 Å². The third-order valence-electron chi connectivity index (χ3n) is 4.74. The number of nitrogens with one attached hydrogen (secondary N) is 2. The average molecular weight is 384 g/mol. The Kier molecular flexibility index (Phi) is 5.68. The Morgan fingerprint density at radius 2 is 1.82 bits per heavy atom. The minimum Gasteiger partial charge on any atom is -0.507 e. The van der Waals surface area contributed by atoms with Crippen molar-refractivity contribution in [3.63, 3.8) is 0 Å². The topological polar surface area (TPSA) is 78.4 Å². The monoisotopic (exact) mass is 384 g/mol. The van der Waals surface area contributed by atoms with E-state index in [0.29, 0.717) is 34.7 Å². The molecule has 2 aromatic carbocycles. The molecule has 0 atom stereocenters. The van der Waals surface area contributed by atoms with Gasteiger partial charge in [0.1, 0.15) is 11.6 Å². The fraction of sp³-hybridized carbons (Fsp3) is 0.364. The minimum absolute atomic E-state index is 0.139. The average Bonchev–Trinajstić information content (AvgIpc) is 3.46. The maximum atomic E-state index is 14.4. The van der Waals surface area contributed by atoms with E-state index >= 15 is 0 Å². The van der Waals surface area contributed by atoms with Gasteiger partial charge in [0.2, 0.25) is 0 Å². The lowest BCUT2D eigenvalue weighted by molar-refractivity contribution is 0.0941. The first-order valence-electron chi connectivity index (χ1n) is 9.49. The number of halogens is 1. The number of rotatable bonds is 6. The van der Waals surface area contributed by atoms with Crippen LogP contribution in [-0.4, -0.2) is 29.5 Å². The van der Waals surface area contributed by atoms with Crippen molar-refractivity contribution in [1.29, 1.82) is 0 Å². The van der Waals surface area contributed by atoms with Gasteiger partial charge in [0.25, 0.3) is 11.8 Å². The quantitative estimate of drug-likeness (QED) is 0.709. The van der Waals surface area contributed by atoms with Gasteiger partial charge in [-0.25, -0.2) is 4.39 Å². The van der Waals surface area contributed by atoms with Crippen molar-refractivity contribution in [3.05, 3.63) is 52.8 Å². The standard InChI is InChI=1S/C22H25FN2O3/c1-12(2)11-24-21(27)14-4-7-17(20(26)10-14)18-8-15(9-19(23)13(18)3)22(28)25-16-5-6-16/h4,7-10,12,16,26H,5-6,11H2,1-3H3,(H,24,27)(H,25,28). The van der Waals surface area contributed by atoms with Gasteiger partial charge in [-0.3, -0.25) is 9.59 Å². The summed E-state index contributed by atoms with van der Waals surface area (Å²) < 4.78 is 14.4. The summed E-state index contributed by atoms with van der Waals surface area (Å²) in [6.45, 7) is 6.11. The molecule has 0 aliphatic heterocycles. The van der Waals surface area contributed by atoms with E-state index in [1.54, 1.807) is 25.1 Å². The predicted molar refractivity (Wildman–Crippen MR) is 106 cm³/mol. The lowest BCUT2D eigenvalue weighted by Gasteiger charge is -2.13. The van der Waals surface area contributed by atoms with Crippen LogP contribution in [0.3, 0.4) is 0 Å². The Hall–Kier alpha value is -2.89. The molecule has 6 heteroatoms. The Labute approximate surface area is 164 Å². The van der Waals surface area contributed by atoms with Crippen LogP contribution in [0.4, 0.5) is 4.39 Å². The van der Waals surface area contributed by atoms with Crippen molar-refractivity contribution in [1.82, 2.24) is 10.6 Å². The van der Waals surface area contributed by atoms with Crippen LogP contribution < -0.4 is 10.6 Å². The fourth-order valence-corrected chi connectivity index (χ4v) is 2.89. The molecule has 148 valence electrons. The number of amides is 2. The van der Waals surface area contributed by atoms with Gasteiger partial charge in [-0.15, -0.1) is 0 Å². The first kappa shape index (κ1) is 19.9. The van der Waals surface area contributed by atoms with Crippen molar-refractivity contribution in [2.75, 3.05) is 6.54 Å². The SMILES string of the molecule is Cc1c(F)cc(C(=O)NC2CC2)cc1-c1ccc(C(=O)NCC(C)C)cc1O. The second kappa shape index (κ2) is 8.00. The highest BCUT2D eigenvalue weighted by atomic mass is 19.1. The number of hydrogen-bond donors (Lipinski definition) is 3. The van der Waals surface area contributed by atoms with Gasteiger partial charge in [-0.2, -0.15) is 0 Å². The molecule has 0 aromatic heterocycles.